The molecule has 0 saturated carbocycles. The fourth-order valence-electron chi connectivity index (χ4n) is 2.50. The third-order valence-corrected chi connectivity index (χ3v) is 5.00. The number of hydrogen-bond donors (Lipinski definition) is 2. The molecule has 0 aliphatic heterocycles. The molecule has 0 spiro atoms. The van der Waals surface area contributed by atoms with Crippen molar-refractivity contribution in [3.8, 4) is 5.75 Å². The molecule has 0 unspecified atom stereocenters. The van der Waals surface area contributed by atoms with Gasteiger partial charge in [-0.1, -0.05) is 16.9 Å². The molecule has 32 heavy (non-hydrogen) atoms. The number of rotatable bonds is 8. The van der Waals surface area contributed by atoms with E-state index in [0.717, 1.165) is 0 Å². The summed E-state index contributed by atoms with van der Waals surface area (Å²) in [7, 11) is 1.53. The lowest BCUT2D eigenvalue weighted by Crippen LogP contribution is -2.37. The van der Waals surface area contributed by atoms with Crippen molar-refractivity contribution >= 4 is 35.4 Å². The van der Waals surface area contributed by atoms with Gasteiger partial charge in [-0.15, -0.1) is 0 Å². The second kappa shape index (κ2) is 11.0. The van der Waals surface area contributed by atoms with Crippen molar-refractivity contribution in [2.45, 2.75) is 17.7 Å². The van der Waals surface area contributed by atoms with Crippen molar-refractivity contribution in [3.63, 3.8) is 0 Å². The van der Waals surface area contributed by atoms with E-state index in [1.54, 1.807) is 55.6 Å². The first-order chi connectivity index (χ1) is 15.4. The summed E-state index contributed by atoms with van der Waals surface area (Å²) in [5.74, 6) is 0.246. The average Bonchev–Trinajstić information content (AvgIpc) is 3.21. The number of aryl methyl sites for hydroxylation is 1. The minimum Gasteiger partial charge on any atom is -0.497 e. The predicted octanol–water partition coefficient (Wildman–Crippen LogP) is 3.18. The fourth-order valence-corrected chi connectivity index (χ4v) is 3.36. The highest BCUT2D eigenvalue weighted by Crippen LogP contribution is 2.24. The quantitative estimate of drug-likeness (QED) is 0.387. The number of amides is 3. The standard InChI is InChI=1S/C21H20N4O6S/c1-13-10-15(25-31-13)12-32-19-17(4-3-9-22-19)20(27)30-11-18(26)24-21(28)23-14-5-7-16(29-2)8-6-14/h3-10H,11-12H2,1-2H3,(H2,23,24,26,28). The zero-order chi connectivity index (χ0) is 22.9. The van der Waals surface area contributed by atoms with Gasteiger partial charge in [-0.3, -0.25) is 10.1 Å². The highest BCUT2D eigenvalue weighted by atomic mass is 32.2. The van der Waals surface area contributed by atoms with Crippen molar-refractivity contribution < 1.29 is 28.4 Å². The van der Waals surface area contributed by atoms with Gasteiger partial charge in [0, 0.05) is 23.7 Å². The third-order valence-electron chi connectivity index (χ3n) is 3.96. The summed E-state index contributed by atoms with van der Waals surface area (Å²) in [5, 5.41) is 8.90. The number of urea groups is 1. The maximum Gasteiger partial charge on any atom is 0.341 e. The number of aromatic nitrogens is 2. The van der Waals surface area contributed by atoms with Gasteiger partial charge in [-0.25, -0.2) is 14.6 Å². The Morgan fingerprint density at radius 1 is 1.16 bits per heavy atom. The number of nitrogens with one attached hydrogen (secondary N) is 2. The van der Waals surface area contributed by atoms with E-state index in [9.17, 15) is 14.4 Å². The van der Waals surface area contributed by atoms with Gasteiger partial charge in [0.1, 0.15) is 16.5 Å². The molecule has 2 N–H and O–H groups in total. The van der Waals surface area contributed by atoms with Crippen molar-refractivity contribution in [3.05, 3.63) is 65.7 Å². The predicted molar refractivity (Wildman–Crippen MR) is 115 cm³/mol. The van der Waals surface area contributed by atoms with Gasteiger partial charge >= 0.3 is 12.0 Å². The number of thioether (sulfide) groups is 1. The van der Waals surface area contributed by atoms with E-state index in [1.165, 1.54) is 18.9 Å². The monoisotopic (exact) mass is 456 g/mol. The lowest BCUT2D eigenvalue weighted by Gasteiger charge is -2.09. The first-order valence-electron chi connectivity index (χ1n) is 9.36. The number of carbonyl (C=O) groups is 3. The van der Waals surface area contributed by atoms with E-state index in [2.05, 4.69) is 20.8 Å². The number of esters is 1. The van der Waals surface area contributed by atoms with E-state index >= 15 is 0 Å². The number of pyridine rings is 1. The normalized spacial score (nSPS) is 10.3. The number of nitrogens with zero attached hydrogens (tertiary/aromatic N) is 2. The molecule has 0 aliphatic rings. The average molecular weight is 456 g/mol. The van der Waals surface area contributed by atoms with Crippen LogP contribution in [0.5, 0.6) is 5.75 Å². The molecule has 0 saturated heterocycles. The number of hydrogen-bond acceptors (Lipinski definition) is 9. The van der Waals surface area contributed by atoms with Gasteiger partial charge in [0.15, 0.2) is 6.61 Å². The van der Waals surface area contributed by atoms with Crippen molar-refractivity contribution in [1.29, 1.82) is 0 Å². The zero-order valence-corrected chi connectivity index (χ0v) is 18.1. The number of ether oxygens (including phenoxy) is 2. The highest BCUT2D eigenvalue weighted by Gasteiger charge is 2.17. The van der Waals surface area contributed by atoms with Gasteiger partial charge in [0.25, 0.3) is 5.91 Å². The molecule has 2 aromatic heterocycles. The third kappa shape index (κ3) is 6.57. The van der Waals surface area contributed by atoms with Crippen molar-refractivity contribution in [2.75, 3.05) is 19.0 Å². The summed E-state index contributed by atoms with van der Waals surface area (Å²) in [6, 6.07) is 10.7. The van der Waals surface area contributed by atoms with Gasteiger partial charge in [0.05, 0.1) is 18.4 Å². The molecule has 3 aromatic rings. The van der Waals surface area contributed by atoms with Gasteiger partial charge in [0.2, 0.25) is 0 Å². The Balaban J connectivity index is 1.49. The number of carbonyl (C=O) groups excluding carboxylic acids is 3. The van der Waals surface area contributed by atoms with Crippen LogP contribution < -0.4 is 15.4 Å². The number of methoxy groups -OCH3 is 1. The lowest BCUT2D eigenvalue weighted by atomic mass is 10.3. The minimum absolute atomic E-state index is 0.202. The van der Waals surface area contributed by atoms with E-state index in [1.807, 2.05) is 0 Å². The number of anilines is 1. The SMILES string of the molecule is COc1ccc(NC(=O)NC(=O)COC(=O)c2cccnc2SCc2cc(C)on2)cc1. The molecule has 0 radical (unpaired) electrons. The van der Waals surface area contributed by atoms with Crippen LogP contribution in [-0.2, 0) is 15.3 Å². The molecule has 11 heteroatoms. The smallest absolute Gasteiger partial charge is 0.341 e. The molecule has 166 valence electrons. The topological polar surface area (TPSA) is 133 Å². The Bertz CT molecular complexity index is 1100. The molecule has 1 aromatic carbocycles. The van der Waals surface area contributed by atoms with Crippen LogP contribution in [0.15, 0.2) is 58.2 Å². The van der Waals surface area contributed by atoms with E-state index in [-0.39, 0.29) is 5.56 Å². The Morgan fingerprint density at radius 2 is 1.94 bits per heavy atom. The summed E-state index contributed by atoms with van der Waals surface area (Å²) in [6.45, 7) is 1.16. The fraction of sp³-hybridized carbons (Fsp3) is 0.190. The van der Waals surface area contributed by atoms with Crippen LogP contribution in [0.2, 0.25) is 0 Å². The van der Waals surface area contributed by atoms with E-state index in [4.69, 9.17) is 14.0 Å². The maximum atomic E-state index is 12.4. The second-order valence-electron chi connectivity index (χ2n) is 6.38. The van der Waals surface area contributed by atoms with Crippen molar-refractivity contribution in [1.82, 2.24) is 15.5 Å². The second-order valence-corrected chi connectivity index (χ2v) is 7.34. The highest BCUT2D eigenvalue weighted by molar-refractivity contribution is 7.98. The molecule has 2 heterocycles. The Kier molecular flexibility index (Phi) is 7.81. The van der Waals surface area contributed by atoms with Crippen LogP contribution in [0.25, 0.3) is 0 Å². The molecule has 0 fully saturated rings. The zero-order valence-electron chi connectivity index (χ0n) is 17.3. The summed E-state index contributed by atoms with van der Waals surface area (Å²) in [5.41, 5.74) is 1.38. The number of benzene rings is 1. The van der Waals surface area contributed by atoms with Gasteiger partial charge < -0.3 is 19.3 Å². The summed E-state index contributed by atoms with van der Waals surface area (Å²) in [4.78, 5) is 40.5. The molecule has 10 nitrogen and oxygen atoms in total. The molecular weight excluding hydrogens is 436 g/mol. The maximum absolute atomic E-state index is 12.4. The first-order valence-corrected chi connectivity index (χ1v) is 10.3. The van der Waals surface area contributed by atoms with Crippen LogP contribution in [0.1, 0.15) is 21.8 Å². The van der Waals surface area contributed by atoms with Crippen LogP contribution in [0.3, 0.4) is 0 Å². The van der Waals surface area contributed by atoms with E-state index in [0.29, 0.717) is 33.7 Å². The molecule has 0 bridgehead atoms. The van der Waals surface area contributed by atoms with Crippen LogP contribution in [0.4, 0.5) is 10.5 Å². The van der Waals surface area contributed by atoms with Crippen LogP contribution in [0, 0.1) is 6.92 Å². The molecule has 3 amide bonds. The Morgan fingerprint density at radius 3 is 2.62 bits per heavy atom. The van der Waals surface area contributed by atoms with Crippen LogP contribution >= 0.6 is 11.8 Å². The van der Waals surface area contributed by atoms with Crippen LogP contribution in [-0.4, -0.2) is 41.8 Å². The molecule has 0 atom stereocenters. The summed E-state index contributed by atoms with van der Waals surface area (Å²) >= 11 is 1.28. The molecule has 0 aliphatic carbocycles. The molecule has 3 rings (SSSR count). The Hall–Kier alpha value is -3.86. The lowest BCUT2D eigenvalue weighted by molar-refractivity contribution is -0.123. The largest absolute Gasteiger partial charge is 0.497 e. The molecular formula is C21H20N4O6S. The first kappa shape index (κ1) is 22.8. The summed E-state index contributed by atoms with van der Waals surface area (Å²) in [6.07, 6.45) is 1.55. The Labute approximate surface area is 187 Å². The summed E-state index contributed by atoms with van der Waals surface area (Å²) < 4.78 is 15.1. The minimum atomic E-state index is -0.777. The van der Waals surface area contributed by atoms with Gasteiger partial charge in [-0.2, -0.15) is 0 Å². The number of imide groups is 1. The van der Waals surface area contributed by atoms with E-state index < -0.39 is 24.5 Å². The van der Waals surface area contributed by atoms with Crippen molar-refractivity contribution in [2.24, 2.45) is 0 Å². The van der Waals surface area contributed by atoms with Gasteiger partial charge in [-0.05, 0) is 43.3 Å².